The number of H-pyrrole nitrogens is 6. The smallest absolute Gasteiger partial charge is 0.306 e. The molecule has 0 aliphatic carbocycles. The Labute approximate surface area is 719 Å². The number of aromatic amines is 6. The summed E-state index contributed by atoms with van der Waals surface area (Å²) in [6.07, 6.45) is -10.6. The van der Waals surface area contributed by atoms with E-state index in [1.807, 2.05) is 54.6 Å². The Morgan fingerprint density at radius 3 is 1.13 bits per heavy atom. The molecule has 10 aromatic carbocycles. The van der Waals surface area contributed by atoms with Crippen LogP contribution < -0.4 is 33.4 Å². The molecule has 0 amide bonds. The summed E-state index contributed by atoms with van der Waals surface area (Å²) in [6, 6.07) is 69.8. The highest BCUT2D eigenvalue weighted by molar-refractivity contribution is 9.10. The zero-order valence-electron chi connectivity index (χ0n) is 62.8. The van der Waals surface area contributed by atoms with Crippen LogP contribution >= 0.6 is 62.3 Å². The van der Waals surface area contributed by atoms with Gasteiger partial charge in [-0.1, -0.05) is 184 Å². The van der Waals surface area contributed by atoms with E-state index in [9.17, 15) is 72.7 Å². The Morgan fingerprint density at radius 2 is 0.677 bits per heavy atom. The zero-order chi connectivity index (χ0) is 88.2. The van der Waals surface area contributed by atoms with Gasteiger partial charge in [0.2, 0.25) is 0 Å². The number of nitrogens with zero attached hydrogens (tertiary/aromatic N) is 8. The molecular weight excluding hydrogens is 1770 g/mol. The molecule has 124 heavy (non-hydrogen) atoms. The van der Waals surface area contributed by atoms with Crippen LogP contribution in [0.25, 0.3) is 135 Å². The second kappa shape index (κ2) is 38.2. The van der Waals surface area contributed by atoms with Gasteiger partial charge in [-0.3, -0.25) is 33.8 Å². The quantitative estimate of drug-likeness (QED) is 0.0609. The zero-order valence-corrected chi connectivity index (χ0v) is 67.4. The van der Waals surface area contributed by atoms with Gasteiger partial charge >= 0.3 is 18.5 Å². The van der Waals surface area contributed by atoms with Gasteiger partial charge in [0.05, 0.1) is 93.0 Å². The Hall–Kier alpha value is -14.2. The van der Waals surface area contributed by atoms with Crippen LogP contribution in [0.15, 0.2) is 319 Å². The van der Waals surface area contributed by atoms with Crippen molar-refractivity contribution in [2.45, 2.75) is 18.5 Å². The van der Waals surface area contributed by atoms with Crippen LogP contribution in [0.4, 0.5) is 43.9 Å². The lowest BCUT2D eigenvalue weighted by atomic mass is 10.1. The van der Waals surface area contributed by atoms with Crippen molar-refractivity contribution < 1.29 is 43.9 Å². The van der Waals surface area contributed by atoms with Crippen molar-refractivity contribution in [3.63, 3.8) is 0 Å². The van der Waals surface area contributed by atoms with Crippen LogP contribution in [0, 0.1) is 5.82 Å². The molecule has 0 fully saturated rings. The molecule has 620 valence electrons. The predicted octanol–water partition coefficient (Wildman–Crippen LogP) is 21.9. The third-order valence-corrected chi connectivity index (χ3v) is 19.7. The Kier molecular flexibility index (Phi) is 27.0. The number of hydrogen-bond donors (Lipinski definition) is 6. The van der Waals surface area contributed by atoms with E-state index in [0.29, 0.717) is 93.1 Å². The molecular formula is C89H53BrCl4F10N14O6. The second-order valence-corrected chi connectivity index (χ2v) is 28.6. The molecule has 0 aliphatic rings. The van der Waals surface area contributed by atoms with E-state index in [1.54, 1.807) is 128 Å². The first kappa shape index (κ1) is 87.6. The first-order chi connectivity index (χ1) is 59.3. The van der Waals surface area contributed by atoms with Gasteiger partial charge in [0.25, 0.3) is 33.4 Å². The molecule has 0 saturated carbocycles. The fraction of sp³-hybridized carbons (Fsp3) is 0.0337. The highest BCUT2D eigenvalue weighted by Crippen LogP contribution is 2.40. The van der Waals surface area contributed by atoms with Crippen LogP contribution in [0.1, 0.15) is 16.7 Å². The van der Waals surface area contributed by atoms with E-state index in [-0.39, 0.29) is 72.8 Å². The summed E-state index contributed by atoms with van der Waals surface area (Å²) in [4.78, 5) is 121. The van der Waals surface area contributed by atoms with E-state index in [1.165, 1.54) is 66.9 Å². The first-order valence-corrected chi connectivity index (χ1v) is 38.5. The summed E-state index contributed by atoms with van der Waals surface area (Å²) >= 11 is 27.4. The number of halogens is 15. The SMILES string of the molecule is O=c1[nH]c(-c2cc(C(F)(F)F)ccc2Cl)nc2ccccc12.O=c1[nH]c(-c2ccc(Cl)cc2Cl)nc2ccccc12.O=c1[nH]c(-c2ccccc2Br)nc2ccccc12.O=c1[nH]c(-c2cccnc2Cl)nc2ccccc12.O=c1cc(-c2ccccc2F)nc(-c2ccccc2C(F)(F)F)[nH]1.O=c1cc(-c2ccccn2)nc(-c2ccccc2C(F)(F)F)[nH]1. The van der Waals surface area contributed by atoms with Crippen LogP contribution in [-0.2, 0) is 18.5 Å². The molecule has 0 atom stereocenters. The molecule has 0 saturated heterocycles. The number of benzene rings is 10. The molecule has 18 rings (SSSR count). The van der Waals surface area contributed by atoms with E-state index in [0.717, 1.165) is 46.4 Å². The molecule has 0 radical (unpaired) electrons. The molecule has 0 aliphatic heterocycles. The van der Waals surface area contributed by atoms with Crippen molar-refractivity contribution in [3.8, 4) is 91.0 Å². The number of pyridine rings is 2. The van der Waals surface area contributed by atoms with Crippen molar-refractivity contribution >= 4 is 106 Å². The fourth-order valence-electron chi connectivity index (χ4n) is 12.1. The van der Waals surface area contributed by atoms with E-state index in [2.05, 4.69) is 85.7 Å². The lowest BCUT2D eigenvalue weighted by molar-refractivity contribution is -0.138. The molecule has 35 heteroatoms. The number of aromatic nitrogens is 14. The summed E-state index contributed by atoms with van der Waals surface area (Å²) in [7, 11) is 0. The molecule has 20 nitrogen and oxygen atoms in total. The molecule has 8 aromatic heterocycles. The van der Waals surface area contributed by atoms with E-state index in [4.69, 9.17) is 46.4 Å². The maximum Gasteiger partial charge on any atom is 0.417 e. The van der Waals surface area contributed by atoms with Gasteiger partial charge in [-0.15, -0.1) is 0 Å². The fourth-order valence-corrected chi connectivity index (χ4v) is 13.5. The number of hydrogen-bond acceptors (Lipinski definition) is 14. The van der Waals surface area contributed by atoms with Crippen molar-refractivity contribution in [1.29, 1.82) is 0 Å². The largest absolute Gasteiger partial charge is 0.417 e. The third kappa shape index (κ3) is 21.2. The first-order valence-electron chi connectivity index (χ1n) is 36.2. The monoisotopic (exact) mass is 1820 g/mol. The van der Waals surface area contributed by atoms with Crippen LogP contribution in [0.2, 0.25) is 20.2 Å². The average molecular weight is 1830 g/mol. The average Bonchev–Trinajstić information content (AvgIpc) is 0.837. The van der Waals surface area contributed by atoms with Crippen LogP contribution in [0.5, 0.6) is 0 Å². The summed E-state index contributed by atoms with van der Waals surface area (Å²) in [5.41, 5.74) is -0.131. The maximum atomic E-state index is 13.9. The molecule has 6 N–H and O–H groups in total. The summed E-state index contributed by atoms with van der Waals surface area (Å²) in [5.74, 6) is 0.401. The lowest BCUT2D eigenvalue weighted by Crippen LogP contribution is -2.12. The molecule has 0 spiro atoms. The molecule has 8 heterocycles. The number of rotatable bonds is 8. The molecule has 0 unspecified atom stereocenters. The minimum atomic E-state index is -4.61. The molecule has 18 aromatic rings. The van der Waals surface area contributed by atoms with Crippen LogP contribution in [0.3, 0.4) is 0 Å². The Bertz CT molecular complexity index is 7270. The van der Waals surface area contributed by atoms with Crippen LogP contribution in [-0.4, -0.2) is 69.8 Å². The van der Waals surface area contributed by atoms with Crippen molar-refractivity contribution in [1.82, 2.24) is 69.8 Å². The summed E-state index contributed by atoms with van der Waals surface area (Å²) in [5, 5.41) is 3.45. The van der Waals surface area contributed by atoms with Gasteiger partial charge in [-0.25, -0.2) is 39.3 Å². The highest BCUT2D eigenvalue weighted by atomic mass is 79.9. The number of para-hydroxylation sites is 4. The summed E-state index contributed by atoms with van der Waals surface area (Å²) < 4.78 is 132. The highest BCUT2D eigenvalue weighted by Gasteiger charge is 2.36. The standard InChI is InChI=1S/C17H10F4N2O.C16H10F3N3O.C15H8ClF3N2O.C14H9BrN2O.C14H8Cl2N2O.C13H8ClN3O/c18-13-8-4-2-6-11(13)14-9-15(24)23-16(22-14)10-5-1-3-7-12(10)17(19,20)21;17-16(18,19)11-6-2-1-5-10(11)15-21-13(9-14(23)22-15)12-7-3-4-8-20-12;16-11-6-5-8(15(17,18)19)7-10(11)13-20-12-4-2-1-3-9(12)14(22)21-13;15-11-7-3-1-5-9(11)13-16-12-8-4-2-6-10(12)14(18)17-13;15-8-5-6-9(11(16)7-8)13-17-12-4-2-1-3-10(12)14(19)18-13;14-11-9(5-3-7-15-11)12-16-10-6-2-1-4-8(10)13(18)17-12/h1-9H,(H,22,23,24);1-9H,(H,21,22,23);1-7H,(H,20,21,22);1-8H,(H,16,17,18);1-7H,(H,17,18,19);1-7H,(H,16,17,18). The van der Waals surface area contributed by atoms with Gasteiger partial charge in [0, 0.05) is 67.4 Å². The number of alkyl halides is 9. The number of fused-ring (bicyclic) bond motifs is 4. The maximum absolute atomic E-state index is 13.9. The Balaban J connectivity index is 0.000000128. The molecule has 0 bridgehead atoms. The van der Waals surface area contributed by atoms with Crippen molar-refractivity contribution in [3.05, 3.63) is 395 Å². The minimum Gasteiger partial charge on any atom is -0.306 e. The van der Waals surface area contributed by atoms with Gasteiger partial charge in [-0.2, -0.15) is 39.5 Å². The van der Waals surface area contributed by atoms with E-state index < -0.39 is 57.7 Å². The van der Waals surface area contributed by atoms with Crippen molar-refractivity contribution in [2.24, 2.45) is 0 Å². The minimum absolute atomic E-state index is 0.000185. The van der Waals surface area contributed by atoms with Gasteiger partial charge in [0.1, 0.15) is 45.9 Å². The van der Waals surface area contributed by atoms with Crippen molar-refractivity contribution in [2.75, 3.05) is 0 Å². The third-order valence-electron chi connectivity index (χ3n) is 17.9. The second-order valence-electron chi connectivity index (χ2n) is 26.1. The lowest BCUT2D eigenvalue weighted by Gasteiger charge is -2.12. The normalized spacial score (nSPS) is 11.2. The van der Waals surface area contributed by atoms with Gasteiger partial charge in [0.15, 0.2) is 0 Å². The topological polar surface area (TPSA) is 300 Å². The van der Waals surface area contributed by atoms with Gasteiger partial charge < -0.3 is 29.9 Å². The van der Waals surface area contributed by atoms with E-state index >= 15 is 0 Å². The Morgan fingerprint density at radius 1 is 0.290 bits per heavy atom. The van der Waals surface area contributed by atoms with Gasteiger partial charge in [-0.05, 0) is 140 Å². The summed E-state index contributed by atoms with van der Waals surface area (Å²) in [6.45, 7) is 0. The predicted molar refractivity (Wildman–Crippen MR) is 461 cm³/mol. The number of nitrogens with one attached hydrogen (secondary N) is 6.